The molecule has 79 heavy (non-hydrogen) atoms. The van der Waals surface area contributed by atoms with Crippen LogP contribution in [0, 0.1) is 0 Å². The molecule has 0 radical (unpaired) electrons. The number of hydrogen-bond acceptors (Lipinski definition) is 6. The minimum atomic E-state index is -0.828. The number of rotatable bonds is 57. The van der Waals surface area contributed by atoms with Gasteiger partial charge >= 0.3 is 17.9 Å². The maximum absolute atomic E-state index is 12.9. The fourth-order valence-corrected chi connectivity index (χ4v) is 8.61. The van der Waals surface area contributed by atoms with Gasteiger partial charge in [0.05, 0.1) is 6.42 Å². The molecule has 6 heteroatoms. The van der Waals surface area contributed by atoms with Gasteiger partial charge in [0.1, 0.15) is 13.2 Å². The van der Waals surface area contributed by atoms with Gasteiger partial charge < -0.3 is 14.2 Å². The van der Waals surface area contributed by atoms with E-state index in [1.54, 1.807) is 6.08 Å². The van der Waals surface area contributed by atoms with Gasteiger partial charge in [-0.2, -0.15) is 0 Å². The van der Waals surface area contributed by atoms with E-state index in [9.17, 15) is 14.4 Å². The molecule has 0 spiro atoms. The minimum Gasteiger partial charge on any atom is -0.462 e. The first-order valence-electron chi connectivity index (χ1n) is 32.3. The quantitative estimate of drug-likeness (QED) is 0.0261. The van der Waals surface area contributed by atoms with Crippen molar-refractivity contribution in [2.24, 2.45) is 0 Å². The fraction of sp³-hybridized carbons (Fsp3) is 0.630. The molecule has 0 amide bonds. The summed E-state index contributed by atoms with van der Waals surface area (Å²) in [7, 11) is 0. The largest absolute Gasteiger partial charge is 0.462 e. The average molecular weight is 1090 g/mol. The average Bonchev–Trinajstić information content (AvgIpc) is 3.45. The maximum atomic E-state index is 12.9. The normalized spacial score (nSPS) is 13.1. The Hall–Kier alpha value is -4.71. The van der Waals surface area contributed by atoms with Gasteiger partial charge in [0, 0.05) is 12.8 Å². The molecule has 0 saturated heterocycles. The molecule has 0 aromatic heterocycles. The molecule has 1 atom stereocenters. The molecule has 0 aliphatic rings. The molecule has 0 fully saturated rings. The van der Waals surface area contributed by atoms with Gasteiger partial charge in [-0.05, 0) is 103 Å². The predicted octanol–water partition coefficient (Wildman–Crippen LogP) is 22.3. The molecule has 0 aromatic rings. The highest BCUT2D eigenvalue weighted by Crippen LogP contribution is 2.16. The number of carbonyl (C=O) groups is 3. The second kappa shape index (κ2) is 65.8. The highest BCUT2D eigenvalue weighted by atomic mass is 16.6. The highest BCUT2D eigenvalue weighted by molar-refractivity contribution is 5.72. The Morgan fingerprint density at radius 2 is 0.544 bits per heavy atom. The second-order valence-electron chi connectivity index (χ2n) is 20.9. The molecule has 0 rings (SSSR count). The van der Waals surface area contributed by atoms with Gasteiger partial charge in [0.15, 0.2) is 6.10 Å². The zero-order valence-corrected chi connectivity index (χ0v) is 51.1. The van der Waals surface area contributed by atoms with Crippen LogP contribution in [0.5, 0.6) is 0 Å². The maximum Gasteiger partial charge on any atom is 0.309 e. The highest BCUT2D eigenvalue weighted by Gasteiger charge is 2.19. The van der Waals surface area contributed by atoms with Crippen molar-refractivity contribution >= 4 is 17.9 Å². The monoisotopic (exact) mass is 1090 g/mol. The van der Waals surface area contributed by atoms with Crippen LogP contribution in [-0.2, 0) is 28.6 Å². The van der Waals surface area contributed by atoms with Crippen molar-refractivity contribution in [2.75, 3.05) is 13.2 Å². The van der Waals surface area contributed by atoms with Crippen LogP contribution in [0.15, 0.2) is 146 Å². The van der Waals surface area contributed by atoms with Crippen molar-refractivity contribution in [3.05, 3.63) is 146 Å². The van der Waals surface area contributed by atoms with E-state index in [0.717, 1.165) is 122 Å². The van der Waals surface area contributed by atoms with Crippen molar-refractivity contribution in [3.63, 3.8) is 0 Å². The van der Waals surface area contributed by atoms with Crippen LogP contribution >= 0.6 is 0 Å². The zero-order valence-electron chi connectivity index (χ0n) is 51.1. The van der Waals surface area contributed by atoms with Crippen molar-refractivity contribution in [2.45, 2.75) is 284 Å². The molecular formula is C73H118O6. The smallest absolute Gasteiger partial charge is 0.309 e. The van der Waals surface area contributed by atoms with Gasteiger partial charge in [-0.25, -0.2) is 0 Å². The first-order valence-corrected chi connectivity index (χ1v) is 32.3. The molecule has 0 N–H and O–H groups in total. The summed E-state index contributed by atoms with van der Waals surface area (Å²) >= 11 is 0. The van der Waals surface area contributed by atoms with Gasteiger partial charge in [-0.15, -0.1) is 0 Å². The number of carbonyl (C=O) groups excluding carboxylic acids is 3. The van der Waals surface area contributed by atoms with Crippen LogP contribution in [0.25, 0.3) is 0 Å². The predicted molar refractivity (Wildman–Crippen MR) is 343 cm³/mol. The number of esters is 3. The van der Waals surface area contributed by atoms with Gasteiger partial charge in [0.25, 0.3) is 0 Å². The van der Waals surface area contributed by atoms with E-state index in [1.165, 1.54) is 116 Å². The zero-order chi connectivity index (χ0) is 57.1. The van der Waals surface area contributed by atoms with Gasteiger partial charge in [-0.3, -0.25) is 14.4 Å². The summed E-state index contributed by atoms with van der Waals surface area (Å²) in [4.78, 5) is 38.3. The molecule has 0 aliphatic carbocycles. The van der Waals surface area contributed by atoms with E-state index in [1.807, 2.05) is 6.08 Å². The van der Waals surface area contributed by atoms with E-state index in [2.05, 4.69) is 154 Å². The first-order chi connectivity index (χ1) is 39.0. The Morgan fingerprint density at radius 3 is 0.886 bits per heavy atom. The Labute approximate surface area is 487 Å². The van der Waals surface area contributed by atoms with E-state index in [-0.39, 0.29) is 31.6 Å². The lowest BCUT2D eigenvalue weighted by atomic mass is 10.0. The van der Waals surface area contributed by atoms with Crippen molar-refractivity contribution in [1.82, 2.24) is 0 Å². The summed E-state index contributed by atoms with van der Waals surface area (Å²) in [5.41, 5.74) is 0. The number of hydrogen-bond donors (Lipinski definition) is 0. The Morgan fingerprint density at radius 1 is 0.278 bits per heavy atom. The molecule has 446 valence electrons. The summed E-state index contributed by atoms with van der Waals surface area (Å²) < 4.78 is 16.8. The summed E-state index contributed by atoms with van der Waals surface area (Å²) in [5.74, 6) is -1.06. The molecule has 0 bridgehead atoms. The summed E-state index contributed by atoms with van der Waals surface area (Å²) in [6.07, 6.45) is 94.5. The van der Waals surface area contributed by atoms with Gasteiger partial charge in [-0.1, -0.05) is 301 Å². The summed E-state index contributed by atoms with van der Waals surface area (Å²) in [5, 5.41) is 0. The molecular weight excluding hydrogens is 973 g/mol. The van der Waals surface area contributed by atoms with Crippen LogP contribution in [0.4, 0.5) is 0 Å². The molecule has 0 saturated carbocycles. The second-order valence-corrected chi connectivity index (χ2v) is 20.9. The van der Waals surface area contributed by atoms with Crippen molar-refractivity contribution in [1.29, 1.82) is 0 Å². The lowest BCUT2D eigenvalue weighted by Crippen LogP contribution is -2.30. The lowest BCUT2D eigenvalue weighted by molar-refractivity contribution is -0.166. The Bertz CT molecular complexity index is 1730. The van der Waals surface area contributed by atoms with Crippen LogP contribution in [0.1, 0.15) is 278 Å². The topological polar surface area (TPSA) is 78.9 Å². The van der Waals surface area contributed by atoms with Crippen LogP contribution < -0.4 is 0 Å². The molecule has 0 aromatic carbocycles. The van der Waals surface area contributed by atoms with Crippen LogP contribution in [-0.4, -0.2) is 37.2 Å². The number of allylic oxidation sites excluding steroid dienone is 23. The third-order valence-electron chi connectivity index (χ3n) is 13.4. The minimum absolute atomic E-state index is 0.117. The molecule has 0 aliphatic heterocycles. The Balaban J connectivity index is 4.42. The first kappa shape index (κ1) is 74.3. The number of unbranched alkanes of at least 4 members (excludes halogenated alkanes) is 23. The Kier molecular flexibility index (Phi) is 61.9. The third-order valence-corrected chi connectivity index (χ3v) is 13.4. The molecule has 6 nitrogen and oxygen atoms in total. The molecule has 1 unspecified atom stereocenters. The summed E-state index contributed by atoms with van der Waals surface area (Å²) in [6.45, 7) is 6.33. The van der Waals surface area contributed by atoms with E-state index < -0.39 is 12.1 Å². The van der Waals surface area contributed by atoms with Crippen molar-refractivity contribution < 1.29 is 28.6 Å². The standard InChI is InChI=1S/C73H118O6/c1-4-7-10-13-16-19-22-25-28-30-31-32-33-34-35-36-37-38-39-40-41-43-45-48-51-54-57-60-63-66-72(75)78-69-70(68-77-71(74)65-62-59-56-53-50-47-44-27-24-21-18-15-12-9-6-3)79-73(76)67-64-61-58-55-52-49-46-42-29-26-23-20-17-14-11-8-5-2/h7,9-10,12,16,18-19,21,25,27-28,31-32,34-35,37-38,40-41,44,50,53,59,62,70H,4-6,8,11,13-15,17,20,22-24,26,29-30,33,36,39,42-43,45-49,51-52,54-58,60-61,63-69H2,1-3H3/b10-7-,12-9-,19-16-,21-18-,28-25-,32-31-,35-34-,38-37-,41-40-,44-27-,53-50-,62-59-. The molecule has 0 heterocycles. The third kappa shape index (κ3) is 64.0. The van der Waals surface area contributed by atoms with E-state index in [0.29, 0.717) is 12.8 Å². The lowest BCUT2D eigenvalue weighted by Gasteiger charge is -2.18. The van der Waals surface area contributed by atoms with Crippen LogP contribution in [0.3, 0.4) is 0 Å². The SMILES string of the molecule is CC/C=C\C/C=C\C/C=C\C/C=C\C/C=C\C/C=C\C/C=C\CCCCCCCCCC(=O)OCC(COC(=O)C/C=C\C/C=C\C/C=C\C/C=C\C/C=C\CC)OC(=O)CCCCCCCCCCCCCCCCCCC. The van der Waals surface area contributed by atoms with Gasteiger partial charge in [0.2, 0.25) is 0 Å². The number of ether oxygens (including phenoxy) is 3. The van der Waals surface area contributed by atoms with Crippen LogP contribution in [0.2, 0.25) is 0 Å². The fourth-order valence-electron chi connectivity index (χ4n) is 8.61. The van der Waals surface area contributed by atoms with Crippen molar-refractivity contribution in [3.8, 4) is 0 Å². The van der Waals surface area contributed by atoms with E-state index >= 15 is 0 Å². The summed E-state index contributed by atoms with van der Waals surface area (Å²) in [6, 6.07) is 0. The van der Waals surface area contributed by atoms with E-state index in [4.69, 9.17) is 14.2 Å².